The molecule has 0 bridgehead atoms. The number of halogens is 1. The summed E-state index contributed by atoms with van der Waals surface area (Å²) < 4.78 is 6.65. The molecule has 0 saturated carbocycles. The van der Waals surface area contributed by atoms with Crippen LogP contribution in [-0.2, 0) is 6.54 Å². The van der Waals surface area contributed by atoms with E-state index in [0.29, 0.717) is 0 Å². The van der Waals surface area contributed by atoms with E-state index in [4.69, 9.17) is 10.2 Å². The monoisotopic (exact) mass is 322 g/mol. The zero-order chi connectivity index (χ0) is 14.0. The van der Waals surface area contributed by atoms with E-state index in [2.05, 4.69) is 39.0 Å². The minimum atomic E-state index is 0.0448. The molecule has 0 fully saturated rings. The molecular weight excluding hydrogens is 304 g/mol. The largest absolute Gasteiger partial charge is 0.464 e. The summed E-state index contributed by atoms with van der Waals surface area (Å²) in [6.45, 7) is 4.68. The third kappa shape index (κ3) is 3.39. The van der Waals surface area contributed by atoms with Crippen LogP contribution < -0.4 is 10.6 Å². The van der Waals surface area contributed by atoms with Gasteiger partial charge in [-0.2, -0.15) is 0 Å². The minimum Gasteiger partial charge on any atom is -0.464 e. The number of benzene rings is 1. The zero-order valence-electron chi connectivity index (χ0n) is 11.5. The summed E-state index contributed by atoms with van der Waals surface area (Å²) in [5.74, 6) is 1.90. The lowest BCUT2D eigenvalue weighted by Crippen LogP contribution is -2.16. The van der Waals surface area contributed by atoms with Crippen LogP contribution in [0.5, 0.6) is 0 Å². The summed E-state index contributed by atoms with van der Waals surface area (Å²) in [5, 5.41) is 0. The fourth-order valence-corrected chi connectivity index (χ4v) is 2.70. The Labute approximate surface area is 122 Å². The maximum Gasteiger partial charge on any atom is 0.123 e. The first-order chi connectivity index (χ1) is 8.97. The molecule has 2 N–H and O–H groups in total. The van der Waals surface area contributed by atoms with Crippen molar-refractivity contribution in [3.63, 3.8) is 0 Å². The molecule has 1 aromatic carbocycles. The Bertz CT molecular complexity index is 563. The molecule has 19 heavy (non-hydrogen) atoms. The Hall–Kier alpha value is -1.26. The number of furan rings is 1. The van der Waals surface area contributed by atoms with Gasteiger partial charge in [-0.25, -0.2) is 0 Å². The molecule has 0 aliphatic carbocycles. The van der Waals surface area contributed by atoms with Crippen molar-refractivity contribution in [3.05, 3.63) is 51.9 Å². The molecule has 0 spiro atoms. The van der Waals surface area contributed by atoms with Crippen LogP contribution in [0.4, 0.5) is 5.69 Å². The third-order valence-corrected chi connectivity index (χ3v) is 3.73. The van der Waals surface area contributed by atoms with Crippen molar-refractivity contribution in [3.8, 4) is 0 Å². The van der Waals surface area contributed by atoms with Gasteiger partial charge in [0, 0.05) is 17.6 Å². The SMILES string of the molecule is Cc1ccc(CN(C)c2ccc([C@@H](C)N)cc2Br)o1. The second kappa shape index (κ2) is 5.80. The lowest BCUT2D eigenvalue weighted by molar-refractivity contribution is 0.481. The zero-order valence-corrected chi connectivity index (χ0v) is 13.1. The molecule has 0 unspecified atom stereocenters. The first kappa shape index (κ1) is 14.2. The van der Waals surface area contributed by atoms with Crippen molar-refractivity contribution in [2.45, 2.75) is 26.4 Å². The van der Waals surface area contributed by atoms with Gasteiger partial charge in [0.25, 0.3) is 0 Å². The molecule has 2 rings (SSSR count). The van der Waals surface area contributed by atoms with Gasteiger partial charge in [-0.1, -0.05) is 6.07 Å². The van der Waals surface area contributed by atoms with Crippen LogP contribution in [0.1, 0.15) is 30.0 Å². The molecule has 3 nitrogen and oxygen atoms in total. The fourth-order valence-electron chi connectivity index (χ4n) is 2.00. The van der Waals surface area contributed by atoms with Gasteiger partial charge in [-0.05, 0) is 59.6 Å². The van der Waals surface area contributed by atoms with Gasteiger partial charge in [0.15, 0.2) is 0 Å². The van der Waals surface area contributed by atoms with Crippen molar-refractivity contribution >= 4 is 21.6 Å². The molecule has 0 amide bonds. The molecule has 4 heteroatoms. The number of nitrogens with zero attached hydrogens (tertiary/aromatic N) is 1. The van der Waals surface area contributed by atoms with Gasteiger partial charge in [0.1, 0.15) is 11.5 Å². The van der Waals surface area contributed by atoms with E-state index in [1.54, 1.807) is 0 Å². The van der Waals surface area contributed by atoms with Crippen LogP contribution in [0.3, 0.4) is 0 Å². The normalized spacial score (nSPS) is 12.5. The molecule has 1 heterocycles. The number of hydrogen-bond donors (Lipinski definition) is 1. The van der Waals surface area contributed by atoms with Crippen LogP contribution in [0.15, 0.2) is 39.2 Å². The van der Waals surface area contributed by atoms with E-state index >= 15 is 0 Å². The molecular formula is C15H19BrN2O. The lowest BCUT2D eigenvalue weighted by atomic mass is 10.1. The second-order valence-electron chi connectivity index (χ2n) is 4.87. The van der Waals surface area contributed by atoms with Gasteiger partial charge in [0.2, 0.25) is 0 Å². The van der Waals surface area contributed by atoms with Gasteiger partial charge >= 0.3 is 0 Å². The summed E-state index contributed by atoms with van der Waals surface area (Å²) in [5.41, 5.74) is 8.13. The van der Waals surface area contributed by atoms with E-state index in [-0.39, 0.29) is 6.04 Å². The van der Waals surface area contributed by atoms with Crippen LogP contribution in [0, 0.1) is 6.92 Å². The van der Waals surface area contributed by atoms with Crippen molar-refractivity contribution in [1.29, 1.82) is 0 Å². The summed E-state index contributed by atoms with van der Waals surface area (Å²) in [4.78, 5) is 2.15. The molecule has 102 valence electrons. The Kier molecular flexibility index (Phi) is 4.32. The topological polar surface area (TPSA) is 42.4 Å². The highest BCUT2D eigenvalue weighted by molar-refractivity contribution is 9.10. The highest BCUT2D eigenvalue weighted by Crippen LogP contribution is 2.29. The smallest absolute Gasteiger partial charge is 0.123 e. The summed E-state index contributed by atoms with van der Waals surface area (Å²) >= 11 is 3.61. The van der Waals surface area contributed by atoms with Crippen molar-refractivity contribution in [2.75, 3.05) is 11.9 Å². The summed E-state index contributed by atoms with van der Waals surface area (Å²) in [6.07, 6.45) is 0. The predicted octanol–water partition coefficient (Wildman–Crippen LogP) is 4.01. The van der Waals surface area contributed by atoms with Crippen molar-refractivity contribution in [2.24, 2.45) is 5.73 Å². The maximum absolute atomic E-state index is 5.89. The quantitative estimate of drug-likeness (QED) is 0.924. The Morgan fingerprint density at radius 3 is 2.58 bits per heavy atom. The van der Waals surface area contributed by atoms with E-state index in [1.807, 2.05) is 33.0 Å². The van der Waals surface area contributed by atoms with Crippen molar-refractivity contribution in [1.82, 2.24) is 0 Å². The van der Waals surface area contributed by atoms with Gasteiger partial charge in [-0.3, -0.25) is 0 Å². The Morgan fingerprint density at radius 2 is 2.05 bits per heavy atom. The Morgan fingerprint density at radius 1 is 1.32 bits per heavy atom. The standard InChI is InChI=1S/C15H19BrN2O/c1-10-4-6-13(19-10)9-18(3)15-7-5-12(11(2)17)8-14(15)16/h4-8,11H,9,17H2,1-3H3/t11-/m1/s1. The second-order valence-corrected chi connectivity index (χ2v) is 5.72. The average molecular weight is 323 g/mol. The summed E-state index contributed by atoms with van der Waals surface area (Å²) in [7, 11) is 2.05. The molecule has 0 aliphatic rings. The van der Waals surface area contributed by atoms with Crippen LogP contribution in [0.25, 0.3) is 0 Å². The van der Waals surface area contributed by atoms with Crippen molar-refractivity contribution < 1.29 is 4.42 Å². The van der Waals surface area contributed by atoms with Crippen LogP contribution >= 0.6 is 15.9 Å². The first-order valence-electron chi connectivity index (χ1n) is 6.29. The minimum absolute atomic E-state index is 0.0448. The Balaban J connectivity index is 2.17. The van der Waals surface area contributed by atoms with E-state index in [9.17, 15) is 0 Å². The van der Waals surface area contributed by atoms with Crippen LogP contribution in [0.2, 0.25) is 0 Å². The predicted molar refractivity (Wildman–Crippen MR) is 82.3 cm³/mol. The van der Waals surface area contributed by atoms with E-state index in [1.165, 1.54) is 0 Å². The molecule has 0 aliphatic heterocycles. The van der Waals surface area contributed by atoms with Crippen LogP contribution in [-0.4, -0.2) is 7.05 Å². The number of nitrogens with two attached hydrogens (primary N) is 1. The number of rotatable bonds is 4. The summed E-state index contributed by atoms with van der Waals surface area (Å²) in [6, 6.07) is 10.3. The number of anilines is 1. The van der Waals surface area contributed by atoms with Gasteiger partial charge in [0.05, 0.1) is 12.2 Å². The number of aryl methyl sites for hydroxylation is 1. The van der Waals surface area contributed by atoms with E-state index < -0.39 is 0 Å². The maximum atomic E-state index is 5.89. The molecule has 1 atom stereocenters. The number of hydrogen-bond acceptors (Lipinski definition) is 3. The molecule has 1 aromatic heterocycles. The van der Waals surface area contributed by atoms with Gasteiger partial charge < -0.3 is 15.1 Å². The van der Waals surface area contributed by atoms with Gasteiger partial charge in [-0.15, -0.1) is 0 Å². The first-order valence-corrected chi connectivity index (χ1v) is 7.08. The molecule has 2 aromatic rings. The highest BCUT2D eigenvalue weighted by Gasteiger charge is 2.10. The lowest BCUT2D eigenvalue weighted by Gasteiger charge is -2.20. The molecule has 0 radical (unpaired) electrons. The fraction of sp³-hybridized carbons (Fsp3) is 0.333. The third-order valence-electron chi connectivity index (χ3n) is 3.10. The molecule has 0 saturated heterocycles. The average Bonchev–Trinajstić information content (AvgIpc) is 2.74. The highest BCUT2D eigenvalue weighted by atomic mass is 79.9. The van der Waals surface area contributed by atoms with E-state index in [0.717, 1.165) is 33.8 Å².